The highest BCUT2D eigenvalue weighted by molar-refractivity contribution is 5.91. The summed E-state index contributed by atoms with van der Waals surface area (Å²) in [6.45, 7) is 3.84. The third-order valence-electron chi connectivity index (χ3n) is 8.12. The van der Waals surface area contributed by atoms with Gasteiger partial charge >= 0.3 is 5.97 Å². The minimum absolute atomic E-state index is 0.00389. The topological polar surface area (TPSA) is 35.5 Å². The van der Waals surface area contributed by atoms with Crippen LogP contribution in [0.1, 0.15) is 87.1 Å². The maximum absolute atomic E-state index is 15.2. The minimum Gasteiger partial charge on any atom is -0.483 e. The molecule has 0 amide bonds. The molecule has 0 spiro atoms. The number of carbonyl (C=O) groups is 1. The SMILES string of the molecule is C/C=C/CCC1CCC2CC(c3ccc(C(=O)Oc4cc(F)c(OC/C=C/C)c(F)c4)cc3F)CCC2C1. The van der Waals surface area contributed by atoms with Crippen LogP contribution in [0.15, 0.2) is 54.6 Å². The first-order valence-electron chi connectivity index (χ1n) is 13.7. The lowest BCUT2D eigenvalue weighted by atomic mass is 9.63. The van der Waals surface area contributed by atoms with Crippen LogP contribution >= 0.6 is 0 Å². The Morgan fingerprint density at radius 3 is 2.32 bits per heavy atom. The average molecular weight is 527 g/mol. The molecule has 2 saturated carbocycles. The van der Waals surface area contributed by atoms with E-state index in [2.05, 4.69) is 19.1 Å². The molecule has 0 radical (unpaired) electrons. The van der Waals surface area contributed by atoms with E-state index in [-0.39, 0.29) is 23.8 Å². The number of hydrogen-bond acceptors (Lipinski definition) is 3. The van der Waals surface area contributed by atoms with Crippen LogP contribution < -0.4 is 9.47 Å². The van der Waals surface area contributed by atoms with E-state index in [9.17, 15) is 13.6 Å². The normalized spacial score (nSPS) is 23.5. The second-order valence-electron chi connectivity index (χ2n) is 10.6. The van der Waals surface area contributed by atoms with Crippen molar-refractivity contribution in [2.45, 2.75) is 71.1 Å². The summed E-state index contributed by atoms with van der Waals surface area (Å²) in [5, 5.41) is 0. The Hall–Kier alpha value is -3.02. The van der Waals surface area contributed by atoms with E-state index in [1.807, 2.05) is 0 Å². The van der Waals surface area contributed by atoms with Gasteiger partial charge in [0.2, 0.25) is 0 Å². The Kier molecular flexibility index (Phi) is 9.70. The van der Waals surface area contributed by atoms with E-state index in [1.165, 1.54) is 37.8 Å². The number of allylic oxidation sites excluding steroid dienone is 3. The Balaban J connectivity index is 1.36. The molecule has 4 atom stereocenters. The van der Waals surface area contributed by atoms with E-state index >= 15 is 4.39 Å². The molecule has 3 nitrogen and oxygen atoms in total. The van der Waals surface area contributed by atoms with Crippen molar-refractivity contribution in [3.8, 4) is 11.5 Å². The molecular formula is C32H37F3O3. The van der Waals surface area contributed by atoms with Crippen LogP contribution in [0.2, 0.25) is 0 Å². The summed E-state index contributed by atoms with van der Waals surface area (Å²) in [6, 6.07) is 6.13. The number of rotatable bonds is 9. The fourth-order valence-corrected chi connectivity index (χ4v) is 6.14. The van der Waals surface area contributed by atoms with Crippen molar-refractivity contribution in [1.82, 2.24) is 0 Å². The molecule has 204 valence electrons. The molecule has 2 aromatic carbocycles. The Labute approximate surface area is 223 Å². The van der Waals surface area contributed by atoms with Crippen molar-refractivity contribution < 1.29 is 27.4 Å². The number of esters is 1. The summed E-state index contributed by atoms with van der Waals surface area (Å²) in [7, 11) is 0. The van der Waals surface area contributed by atoms with Gasteiger partial charge in [0.15, 0.2) is 17.4 Å². The number of benzene rings is 2. The van der Waals surface area contributed by atoms with Crippen LogP contribution in [0.5, 0.6) is 11.5 Å². The van der Waals surface area contributed by atoms with Gasteiger partial charge in [0, 0.05) is 12.1 Å². The monoisotopic (exact) mass is 526 g/mol. The number of ether oxygens (including phenoxy) is 2. The fourth-order valence-electron chi connectivity index (χ4n) is 6.14. The van der Waals surface area contributed by atoms with E-state index in [1.54, 1.807) is 25.1 Å². The standard InChI is InChI=1S/C32H37F3O3/c1-3-5-7-8-21-9-10-23-17-24(12-11-22(23)16-21)27-14-13-25(18-28(27)33)32(36)38-26-19-29(34)31(30(35)20-26)37-15-6-4-2/h3-6,13-14,18-24H,7-12,15-17H2,1-2H3/b5-3+,6-4+. The molecule has 0 heterocycles. The number of halogens is 3. The lowest BCUT2D eigenvalue weighted by molar-refractivity contribution is 0.0733. The largest absolute Gasteiger partial charge is 0.483 e. The van der Waals surface area contributed by atoms with Crippen LogP contribution in [0, 0.1) is 35.2 Å². The maximum Gasteiger partial charge on any atom is 0.343 e. The molecular weight excluding hydrogens is 489 g/mol. The molecule has 38 heavy (non-hydrogen) atoms. The van der Waals surface area contributed by atoms with E-state index < -0.39 is 29.2 Å². The number of carbonyl (C=O) groups excluding carboxylic acids is 1. The minimum atomic E-state index is -0.985. The van der Waals surface area contributed by atoms with Crippen molar-refractivity contribution in [1.29, 1.82) is 0 Å². The first kappa shape index (κ1) is 28.0. The maximum atomic E-state index is 15.2. The van der Waals surface area contributed by atoms with Gasteiger partial charge in [-0.1, -0.05) is 36.8 Å². The zero-order valence-electron chi connectivity index (χ0n) is 22.2. The molecule has 2 aliphatic rings. The third kappa shape index (κ3) is 6.89. The number of hydrogen-bond donors (Lipinski definition) is 0. The van der Waals surface area contributed by atoms with Gasteiger partial charge in [-0.3, -0.25) is 0 Å². The van der Waals surface area contributed by atoms with Crippen molar-refractivity contribution in [2.75, 3.05) is 6.61 Å². The van der Waals surface area contributed by atoms with Crippen LogP contribution in [-0.2, 0) is 0 Å². The summed E-state index contributed by atoms with van der Waals surface area (Å²) in [4.78, 5) is 12.6. The molecule has 4 rings (SSSR count). The van der Waals surface area contributed by atoms with Crippen LogP contribution in [0.3, 0.4) is 0 Å². The summed E-state index contributed by atoms with van der Waals surface area (Å²) < 4.78 is 53.9. The smallest absolute Gasteiger partial charge is 0.343 e. The third-order valence-corrected chi connectivity index (χ3v) is 8.12. The van der Waals surface area contributed by atoms with E-state index in [0.717, 1.165) is 49.7 Å². The van der Waals surface area contributed by atoms with E-state index in [4.69, 9.17) is 9.47 Å². The highest BCUT2D eigenvalue weighted by Gasteiger charge is 2.36. The predicted molar refractivity (Wildman–Crippen MR) is 143 cm³/mol. The fraction of sp³-hybridized carbons (Fsp3) is 0.469. The van der Waals surface area contributed by atoms with Gasteiger partial charge in [-0.15, -0.1) is 0 Å². The highest BCUT2D eigenvalue weighted by atomic mass is 19.1. The molecule has 2 aliphatic carbocycles. The Bertz CT molecular complexity index is 1150. The molecule has 0 aromatic heterocycles. The molecule has 0 N–H and O–H groups in total. The van der Waals surface area contributed by atoms with Gasteiger partial charge in [-0.2, -0.15) is 0 Å². The number of fused-ring (bicyclic) bond motifs is 1. The molecule has 6 heteroatoms. The van der Waals surface area contributed by atoms with Crippen molar-refractivity contribution in [3.63, 3.8) is 0 Å². The summed E-state index contributed by atoms with van der Waals surface area (Å²) >= 11 is 0. The molecule has 2 fully saturated rings. The molecule has 0 saturated heterocycles. The van der Waals surface area contributed by atoms with Crippen molar-refractivity contribution in [2.24, 2.45) is 17.8 Å². The summed E-state index contributed by atoms with van der Waals surface area (Å²) in [5.74, 6) is -1.84. The van der Waals surface area contributed by atoms with Crippen LogP contribution in [0.25, 0.3) is 0 Å². The van der Waals surface area contributed by atoms with Gasteiger partial charge < -0.3 is 9.47 Å². The van der Waals surface area contributed by atoms with Crippen molar-refractivity contribution in [3.05, 3.63) is 83.2 Å². The lowest BCUT2D eigenvalue weighted by Gasteiger charge is -2.42. The zero-order chi connectivity index (χ0) is 27.1. The van der Waals surface area contributed by atoms with Gasteiger partial charge in [0.1, 0.15) is 18.2 Å². The quantitative estimate of drug-likeness (QED) is 0.186. The Morgan fingerprint density at radius 1 is 0.895 bits per heavy atom. The molecule has 0 bridgehead atoms. The molecule has 4 unspecified atom stereocenters. The summed E-state index contributed by atoms with van der Waals surface area (Å²) in [5.41, 5.74) is 0.630. The second kappa shape index (κ2) is 13.2. The van der Waals surface area contributed by atoms with Gasteiger partial charge in [0.05, 0.1) is 5.56 Å². The highest BCUT2D eigenvalue weighted by Crippen LogP contribution is 2.48. The molecule has 2 aromatic rings. The van der Waals surface area contributed by atoms with Crippen LogP contribution in [0.4, 0.5) is 13.2 Å². The first-order valence-corrected chi connectivity index (χ1v) is 13.7. The Morgan fingerprint density at radius 2 is 1.61 bits per heavy atom. The lowest BCUT2D eigenvalue weighted by Crippen LogP contribution is -2.30. The zero-order valence-corrected chi connectivity index (χ0v) is 22.2. The van der Waals surface area contributed by atoms with Gasteiger partial charge in [0.25, 0.3) is 0 Å². The van der Waals surface area contributed by atoms with Gasteiger partial charge in [-0.05, 0) is 100 Å². The van der Waals surface area contributed by atoms with Gasteiger partial charge in [-0.25, -0.2) is 18.0 Å². The first-order chi connectivity index (χ1) is 18.4. The molecule has 0 aliphatic heterocycles. The average Bonchev–Trinajstić information content (AvgIpc) is 2.90. The second-order valence-corrected chi connectivity index (χ2v) is 10.6. The predicted octanol–water partition coefficient (Wildman–Crippen LogP) is 8.93. The van der Waals surface area contributed by atoms with E-state index in [0.29, 0.717) is 11.5 Å². The van der Waals surface area contributed by atoms with Crippen LogP contribution in [-0.4, -0.2) is 12.6 Å². The summed E-state index contributed by atoms with van der Waals surface area (Å²) in [6.07, 6.45) is 16.9. The van der Waals surface area contributed by atoms with Crippen molar-refractivity contribution >= 4 is 5.97 Å².